The Morgan fingerprint density at radius 1 is 0.500 bits per heavy atom. The lowest BCUT2D eigenvalue weighted by atomic mass is 10.1. The molecule has 0 unspecified atom stereocenters. The third-order valence-electron chi connectivity index (χ3n) is 4.95. The number of allylic oxidation sites excluding steroid dienone is 2. The molecule has 0 spiro atoms. The van der Waals surface area contributed by atoms with Gasteiger partial charge in [-0.25, -0.2) is 9.59 Å². The van der Waals surface area contributed by atoms with Crippen molar-refractivity contribution < 1.29 is 19.1 Å². The fraction of sp³-hybridized carbons (Fsp3) is 0.692. The van der Waals surface area contributed by atoms with Crippen molar-refractivity contribution in [3.05, 3.63) is 37.5 Å². The van der Waals surface area contributed by atoms with E-state index in [0.29, 0.717) is 13.2 Å². The fourth-order valence-corrected chi connectivity index (χ4v) is 3.13. The number of rotatable bonds is 22. The maximum absolute atomic E-state index is 11.6. The molecule has 0 rings (SSSR count). The van der Waals surface area contributed by atoms with Gasteiger partial charge in [0.2, 0.25) is 0 Å². The van der Waals surface area contributed by atoms with Gasteiger partial charge >= 0.3 is 11.9 Å². The summed E-state index contributed by atoms with van der Waals surface area (Å²) < 4.78 is 10.2. The molecule has 4 heteroatoms. The zero-order chi connectivity index (χ0) is 22.1. The number of hydrogen-bond acceptors (Lipinski definition) is 4. The minimum atomic E-state index is -0.479. The molecule has 0 saturated carbocycles. The molecule has 0 aromatic carbocycles. The highest BCUT2D eigenvalue weighted by Crippen LogP contribution is 2.10. The van der Waals surface area contributed by atoms with Crippen molar-refractivity contribution in [1.82, 2.24) is 0 Å². The van der Waals surface area contributed by atoms with E-state index in [2.05, 4.69) is 13.2 Å². The SMILES string of the molecule is C=CCCCCCCCCCOC(=O)C=CC(=O)OCCCCCCCCCC=C. The van der Waals surface area contributed by atoms with Crippen molar-refractivity contribution in [2.45, 2.75) is 103 Å². The minimum absolute atomic E-state index is 0.405. The Morgan fingerprint density at radius 2 is 0.800 bits per heavy atom. The van der Waals surface area contributed by atoms with Gasteiger partial charge in [0, 0.05) is 12.2 Å². The smallest absolute Gasteiger partial charge is 0.331 e. The molecule has 0 radical (unpaired) electrons. The van der Waals surface area contributed by atoms with Crippen LogP contribution in [0.4, 0.5) is 0 Å². The van der Waals surface area contributed by atoms with Gasteiger partial charge in [-0.1, -0.05) is 76.4 Å². The Morgan fingerprint density at radius 3 is 1.13 bits per heavy atom. The monoisotopic (exact) mass is 420 g/mol. The number of carbonyl (C=O) groups is 2. The third-order valence-corrected chi connectivity index (χ3v) is 4.95. The van der Waals surface area contributed by atoms with Gasteiger partial charge in [0.1, 0.15) is 0 Å². The lowest BCUT2D eigenvalue weighted by Gasteiger charge is -2.04. The van der Waals surface area contributed by atoms with Gasteiger partial charge in [0.25, 0.3) is 0 Å². The molecule has 0 N–H and O–H groups in total. The molecule has 0 fully saturated rings. The third kappa shape index (κ3) is 22.4. The molecule has 0 aromatic rings. The molecule has 0 heterocycles. The molecular formula is C26H44O4. The topological polar surface area (TPSA) is 52.6 Å². The average Bonchev–Trinajstić information content (AvgIpc) is 2.75. The number of esters is 2. The highest BCUT2D eigenvalue weighted by molar-refractivity contribution is 5.91. The molecule has 0 aromatic heterocycles. The molecule has 0 aliphatic carbocycles. The summed E-state index contributed by atoms with van der Waals surface area (Å²) in [5.74, 6) is -0.958. The van der Waals surface area contributed by atoms with Gasteiger partial charge in [-0.2, -0.15) is 0 Å². The second-order valence-corrected chi connectivity index (χ2v) is 7.77. The fourth-order valence-electron chi connectivity index (χ4n) is 3.13. The second-order valence-electron chi connectivity index (χ2n) is 7.77. The van der Waals surface area contributed by atoms with E-state index in [4.69, 9.17) is 9.47 Å². The largest absolute Gasteiger partial charge is 0.463 e. The highest BCUT2D eigenvalue weighted by Gasteiger charge is 2.01. The molecule has 0 amide bonds. The van der Waals surface area contributed by atoms with Crippen LogP contribution in [-0.4, -0.2) is 25.2 Å². The van der Waals surface area contributed by atoms with Crippen molar-refractivity contribution in [2.24, 2.45) is 0 Å². The van der Waals surface area contributed by atoms with Gasteiger partial charge in [0.15, 0.2) is 0 Å². The van der Waals surface area contributed by atoms with Crippen molar-refractivity contribution in [3.8, 4) is 0 Å². The lowest BCUT2D eigenvalue weighted by molar-refractivity contribution is -0.140. The van der Waals surface area contributed by atoms with E-state index in [1.54, 1.807) is 0 Å². The van der Waals surface area contributed by atoms with Crippen molar-refractivity contribution in [1.29, 1.82) is 0 Å². The maximum atomic E-state index is 11.6. The number of hydrogen-bond donors (Lipinski definition) is 0. The maximum Gasteiger partial charge on any atom is 0.331 e. The van der Waals surface area contributed by atoms with Crippen LogP contribution in [0.5, 0.6) is 0 Å². The quantitative estimate of drug-likeness (QED) is 0.0801. The summed E-state index contributed by atoms with van der Waals surface area (Å²) in [6, 6.07) is 0. The summed E-state index contributed by atoms with van der Waals surface area (Å²) in [4.78, 5) is 23.2. The highest BCUT2D eigenvalue weighted by atomic mass is 16.5. The normalized spacial score (nSPS) is 10.8. The summed E-state index contributed by atoms with van der Waals surface area (Å²) in [6.07, 6.45) is 24.6. The van der Waals surface area contributed by atoms with Crippen LogP contribution in [0.15, 0.2) is 37.5 Å². The van der Waals surface area contributed by atoms with Crippen LogP contribution in [0.25, 0.3) is 0 Å². The molecule has 0 aliphatic rings. The van der Waals surface area contributed by atoms with Gasteiger partial charge < -0.3 is 9.47 Å². The lowest BCUT2D eigenvalue weighted by Crippen LogP contribution is -2.06. The van der Waals surface area contributed by atoms with Crippen LogP contribution >= 0.6 is 0 Å². The van der Waals surface area contributed by atoms with Gasteiger partial charge in [-0.3, -0.25) is 0 Å². The van der Waals surface area contributed by atoms with Crippen molar-refractivity contribution >= 4 is 11.9 Å². The van der Waals surface area contributed by atoms with E-state index in [-0.39, 0.29) is 0 Å². The summed E-state index contributed by atoms with van der Waals surface area (Å²) in [6.45, 7) is 8.26. The molecule has 30 heavy (non-hydrogen) atoms. The summed E-state index contributed by atoms with van der Waals surface area (Å²) >= 11 is 0. The first-order chi connectivity index (χ1) is 14.7. The van der Waals surface area contributed by atoms with Crippen LogP contribution in [0.3, 0.4) is 0 Å². The first-order valence-electron chi connectivity index (χ1n) is 11.9. The molecule has 4 nitrogen and oxygen atoms in total. The average molecular weight is 421 g/mol. The van der Waals surface area contributed by atoms with Crippen LogP contribution in [0.1, 0.15) is 103 Å². The number of ether oxygens (including phenoxy) is 2. The van der Waals surface area contributed by atoms with E-state index < -0.39 is 11.9 Å². The number of unbranched alkanes of at least 4 members (excludes halogenated alkanes) is 14. The summed E-state index contributed by atoms with van der Waals surface area (Å²) in [5, 5.41) is 0. The predicted molar refractivity (Wildman–Crippen MR) is 125 cm³/mol. The molecule has 0 bridgehead atoms. The van der Waals surface area contributed by atoms with Crippen LogP contribution < -0.4 is 0 Å². The van der Waals surface area contributed by atoms with Gasteiger partial charge in [0.05, 0.1) is 13.2 Å². The van der Waals surface area contributed by atoms with Gasteiger partial charge in [-0.05, 0) is 38.5 Å². The Labute approximate surface area is 184 Å². The van der Waals surface area contributed by atoms with Crippen LogP contribution in [-0.2, 0) is 19.1 Å². The van der Waals surface area contributed by atoms with Gasteiger partial charge in [-0.15, -0.1) is 13.2 Å². The molecule has 0 saturated heterocycles. The zero-order valence-electron chi connectivity index (χ0n) is 19.1. The zero-order valence-corrected chi connectivity index (χ0v) is 19.1. The first-order valence-corrected chi connectivity index (χ1v) is 11.9. The Kier molecular flexibility index (Phi) is 22.0. The summed E-state index contributed by atoms with van der Waals surface area (Å²) in [7, 11) is 0. The van der Waals surface area contributed by atoms with Crippen molar-refractivity contribution in [3.63, 3.8) is 0 Å². The minimum Gasteiger partial charge on any atom is -0.463 e. The Bertz CT molecular complexity index is 426. The molecule has 0 aliphatic heterocycles. The number of carbonyl (C=O) groups excluding carboxylic acids is 2. The Balaban J connectivity index is 3.43. The van der Waals surface area contributed by atoms with Crippen molar-refractivity contribution in [2.75, 3.05) is 13.2 Å². The van der Waals surface area contributed by atoms with E-state index in [1.165, 1.54) is 64.2 Å². The first kappa shape index (κ1) is 28.2. The molecule has 172 valence electrons. The molecular weight excluding hydrogens is 376 g/mol. The Hall–Kier alpha value is -1.84. The van der Waals surface area contributed by atoms with E-state index in [0.717, 1.165) is 50.7 Å². The van der Waals surface area contributed by atoms with Crippen LogP contribution in [0, 0.1) is 0 Å². The van der Waals surface area contributed by atoms with Crippen LogP contribution in [0.2, 0.25) is 0 Å². The van der Waals surface area contributed by atoms with E-state index in [1.807, 2.05) is 12.2 Å². The van der Waals surface area contributed by atoms with E-state index in [9.17, 15) is 9.59 Å². The standard InChI is InChI=1S/C26H44O4/c1-3-5-7-9-11-13-15-17-19-23-29-25(27)21-22-26(28)30-24-20-18-16-14-12-10-8-6-4-2/h3-4,21-22H,1-2,5-20,23-24H2. The second kappa shape index (κ2) is 23.4. The molecule has 0 atom stereocenters. The van der Waals surface area contributed by atoms with E-state index >= 15 is 0 Å². The summed E-state index contributed by atoms with van der Waals surface area (Å²) in [5.41, 5.74) is 0. The predicted octanol–water partition coefficient (Wildman–Crippen LogP) is 7.24.